The molecule has 16 heavy (non-hydrogen) atoms. The van der Waals surface area contributed by atoms with Gasteiger partial charge in [0.1, 0.15) is 11.6 Å². The van der Waals surface area contributed by atoms with Gasteiger partial charge in [0.05, 0.1) is 5.75 Å². The van der Waals surface area contributed by atoms with Gasteiger partial charge in [-0.15, -0.1) is 0 Å². The molecule has 90 valence electrons. The lowest BCUT2D eigenvalue weighted by molar-refractivity contribution is 0.799. The molecule has 0 saturated carbocycles. The predicted octanol–water partition coefficient (Wildman–Crippen LogP) is 2.53. The Balaban J connectivity index is 2.86. The normalized spacial score (nSPS) is 11.2. The molecule has 1 aromatic heterocycles. The van der Waals surface area contributed by atoms with E-state index < -0.39 is 0 Å². The number of hydrazine groups is 1. The molecule has 1 heterocycles. The van der Waals surface area contributed by atoms with E-state index >= 15 is 0 Å². The molecule has 0 atom stereocenters. The molecule has 0 aliphatic heterocycles. The highest BCUT2D eigenvalue weighted by Crippen LogP contribution is 2.19. The van der Waals surface area contributed by atoms with E-state index in [-0.39, 0.29) is 0 Å². The van der Waals surface area contributed by atoms with Crippen LogP contribution in [-0.4, -0.2) is 15.2 Å². The van der Waals surface area contributed by atoms with Crippen LogP contribution in [0.5, 0.6) is 0 Å². The quantitative estimate of drug-likeness (QED) is 0.611. The fourth-order valence-electron chi connectivity index (χ4n) is 1.19. The summed E-state index contributed by atoms with van der Waals surface area (Å²) in [7, 11) is 0. The molecule has 1 rings (SSSR count). The van der Waals surface area contributed by atoms with Crippen LogP contribution < -0.4 is 11.3 Å². The summed E-state index contributed by atoms with van der Waals surface area (Å²) in [6.45, 7) is 8.56. The van der Waals surface area contributed by atoms with Crippen molar-refractivity contribution in [3.8, 4) is 0 Å². The number of nitrogen functional groups attached to an aromatic ring is 1. The van der Waals surface area contributed by atoms with Crippen LogP contribution in [0, 0.1) is 0 Å². The largest absolute Gasteiger partial charge is 0.308 e. The summed E-state index contributed by atoms with van der Waals surface area (Å²) < 4.78 is 0. The Kier molecular flexibility index (Phi) is 5.02. The van der Waals surface area contributed by atoms with Gasteiger partial charge in [-0.3, -0.25) is 0 Å². The monoisotopic (exact) mass is 240 g/mol. The molecule has 0 aliphatic rings. The number of nitrogens with two attached hydrogens (primary N) is 1. The molecular formula is C11H20N4S. The summed E-state index contributed by atoms with van der Waals surface area (Å²) >= 11 is 1.83. The van der Waals surface area contributed by atoms with Crippen molar-refractivity contribution in [1.29, 1.82) is 0 Å². The molecule has 0 bridgehead atoms. The molecule has 5 heteroatoms. The first kappa shape index (κ1) is 13.3. The number of nitrogens with zero attached hydrogens (tertiary/aromatic N) is 2. The fourth-order valence-corrected chi connectivity index (χ4v) is 1.80. The zero-order valence-electron chi connectivity index (χ0n) is 10.3. The third-order valence-corrected chi connectivity index (χ3v) is 3.17. The zero-order chi connectivity index (χ0) is 12.1. The highest BCUT2D eigenvalue weighted by molar-refractivity contribution is 7.99. The Bertz CT molecular complexity index is 339. The first-order chi connectivity index (χ1) is 7.52. The van der Waals surface area contributed by atoms with E-state index in [1.54, 1.807) is 0 Å². The van der Waals surface area contributed by atoms with E-state index in [2.05, 4.69) is 43.1 Å². The molecule has 3 N–H and O–H groups in total. The van der Waals surface area contributed by atoms with Crippen molar-refractivity contribution >= 4 is 17.6 Å². The number of hydrogen-bond acceptors (Lipinski definition) is 5. The molecule has 4 nitrogen and oxygen atoms in total. The molecule has 0 spiro atoms. The summed E-state index contributed by atoms with van der Waals surface area (Å²) in [6.07, 6.45) is 0. The molecule has 0 saturated heterocycles. The first-order valence-corrected chi connectivity index (χ1v) is 6.54. The lowest BCUT2D eigenvalue weighted by Gasteiger charge is -2.10. The van der Waals surface area contributed by atoms with Crippen LogP contribution in [0.3, 0.4) is 0 Å². The Hall–Kier alpha value is -0.810. The second-order valence-corrected chi connectivity index (χ2v) is 5.82. The van der Waals surface area contributed by atoms with Crippen molar-refractivity contribution in [1.82, 2.24) is 9.97 Å². The van der Waals surface area contributed by atoms with Gasteiger partial charge in [-0.2, -0.15) is 11.8 Å². The third kappa shape index (κ3) is 3.98. The van der Waals surface area contributed by atoms with Crippen LogP contribution >= 0.6 is 11.8 Å². The number of anilines is 1. The number of thioether (sulfide) groups is 1. The predicted molar refractivity (Wildman–Crippen MR) is 70.4 cm³/mol. The molecule has 0 radical (unpaired) electrons. The van der Waals surface area contributed by atoms with Crippen molar-refractivity contribution in [2.45, 2.75) is 44.6 Å². The van der Waals surface area contributed by atoms with Crippen molar-refractivity contribution in [2.75, 3.05) is 5.43 Å². The van der Waals surface area contributed by atoms with Gasteiger partial charge < -0.3 is 5.43 Å². The average molecular weight is 240 g/mol. The summed E-state index contributed by atoms with van der Waals surface area (Å²) in [5.74, 6) is 8.15. The highest BCUT2D eigenvalue weighted by atomic mass is 32.2. The second kappa shape index (κ2) is 6.06. The molecule has 0 unspecified atom stereocenters. The van der Waals surface area contributed by atoms with Gasteiger partial charge in [0, 0.05) is 11.8 Å². The van der Waals surface area contributed by atoms with E-state index in [9.17, 15) is 0 Å². The van der Waals surface area contributed by atoms with E-state index in [1.165, 1.54) is 0 Å². The maximum Gasteiger partial charge on any atom is 0.143 e. The van der Waals surface area contributed by atoms with E-state index in [1.807, 2.05) is 17.8 Å². The van der Waals surface area contributed by atoms with Crippen LogP contribution in [-0.2, 0) is 5.75 Å². The minimum atomic E-state index is 0.387. The lowest BCUT2D eigenvalue weighted by atomic mass is 10.1. The zero-order valence-corrected chi connectivity index (χ0v) is 11.1. The number of rotatable bonds is 5. The Morgan fingerprint density at radius 2 is 2.00 bits per heavy atom. The van der Waals surface area contributed by atoms with Crippen molar-refractivity contribution in [3.05, 3.63) is 17.6 Å². The molecule has 0 amide bonds. The first-order valence-electron chi connectivity index (χ1n) is 5.49. The summed E-state index contributed by atoms with van der Waals surface area (Å²) in [5, 5.41) is 0.584. The fraction of sp³-hybridized carbons (Fsp3) is 0.636. The molecule has 0 fully saturated rings. The second-order valence-electron chi connectivity index (χ2n) is 4.25. The maximum absolute atomic E-state index is 5.40. The number of aromatic nitrogens is 2. The van der Waals surface area contributed by atoms with Gasteiger partial charge in [-0.1, -0.05) is 27.7 Å². The standard InChI is InChI=1S/C11H20N4S/c1-7(2)9-5-10(15-12)14-11(13-9)6-16-8(3)4/h5,7-8H,6,12H2,1-4H3,(H,13,14,15). The minimum absolute atomic E-state index is 0.387. The van der Waals surface area contributed by atoms with Gasteiger partial charge in [0.25, 0.3) is 0 Å². The molecule has 1 aromatic rings. The Morgan fingerprint density at radius 3 is 2.50 bits per heavy atom. The van der Waals surface area contributed by atoms with E-state index in [4.69, 9.17) is 5.84 Å². The summed E-state index contributed by atoms with van der Waals surface area (Å²) in [6, 6.07) is 1.90. The SMILES string of the molecule is CC(C)SCc1nc(NN)cc(C(C)C)n1. The topological polar surface area (TPSA) is 63.8 Å². The van der Waals surface area contributed by atoms with Crippen LogP contribution in [0.25, 0.3) is 0 Å². The summed E-state index contributed by atoms with van der Waals surface area (Å²) in [5.41, 5.74) is 3.62. The van der Waals surface area contributed by atoms with Crippen molar-refractivity contribution in [2.24, 2.45) is 5.84 Å². The number of nitrogens with one attached hydrogen (secondary N) is 1. The van der Waals surface area contributed by atoms with Gasteiger partial charge >= 0.3 is 0 Å². The van der Waals surface area contributed by atoms with Crippen LogP contribution in [0.4, 0.5) is 5.82 Å². The van der Waals surface area contributed by atoms with E-state index in [0.717, 1.165) is 17.3 Å². The summed E-state index contributed by atoms with van der Waals surface area (Å²) in [4.78, 5) is 8.86. The van der Waals surface area contributed by atoms with E-state index in [0.29, 0.717) is 17.0 Å². The van der Waals surface area contributed by atoms with Gasteiger partial charge in [-0.25, -0.2) is 15.8 Å². The molecule has 0 aromatic carbocycles. The third-order valence-electron chi connectivity index (χ3n) is 2.08. The van der Waals surface area contributed by atoms with Gasteiger partial charge in [-0.05, 0) is 11.2 Å². The molecular weight excluding hydrogens is 220 g/mol. The van der Waals surface area contributed by atoms with Crippen LogP contribution in [0.15, 0.2) is 6.07 Å². The maximum atomic E-state index is 5.40. The van der Waals surface area contributed by atoms with Crippen LogP contribution in [0.2, 0.25) is 0 Å². The van der Waals surface area contributed by atoms with Crippen molar-refractivity contribution < 1.29 is 0 Å². The van der Waals surface area contributed by atoms with Gasteiger partial charge in [0.2, 0.25) is 0 Å². The minimum Gasteiger partial charge on any atom is -0.308 e. The highest BCUT2D eigenvalue weighted by Gasteiger charge is 2.08. The van der Waals surface area contributed by atoms with Crippen LogP contribution in [0.1, 0.15) is 45.1 Å². The van der Waals surface area contributed by atoms with Gasteiger partial charge in [0.15, 0.2) is 0 Å². The Labute approximate surface area is 101 Å². The molecule has 0 aliphatic carbocycles. The van der Waals surface area contributed by atoms with Crippen molar-refractivity contribution in [3.63, 3.8) is 0 Å². The smallest absolute Gasteiger partial charge is 0.143 e. The number of hydrogen-bond donors (Lipinski definition) is 2. The average Bonchev–Trinajstić information content (AvgIpc) is 2.25. The lowest BCUT2D eigenvalue weighted by Crippen LogP contribution is -2.12. The Morgan fingerprint density at radius 1 is 1.31 bits per heavy atom.